The minimum Gasteiger partial charge on any atom is -0.399 e. The van der Waals surface area contributed by atoms with Crippen molar-refractivity contribution in [3.8, 4) is 17.1 Å². The quantitative estimate of drug-likeness (QED) is 0.705. The summed E-state index contributed by atoms with van der Waals surface area (Å²) in [5, 5.41) is 12.5. The number of anilines is 1. The Bertz CT molecular complexity index is 795. The van der Waals surface area contributed by atoms with Crippen LogP contribution < -0.4 is 5.73 Å². The molecule has 3 aromatic rings. The lowest BCUT2D eigenvalue weighted by Crippen LogP contribution is -2.01. The fourth-order valence-corrected chi connectivity index (χ4v) is 2.76. The van der Waals surface area contributed by atoms with Gasteiger partial charge in [-0.2, -0.15) is 4.68 Å². The molecule has 0 fully saturated rings. The predicted molar refractivity (Wildman–Crippen MR) is 86.4 cm³/mol. The van der Waals surface area contributed by atoms with Gasteiger partial charge in [-0.05, 0) is 53.2 Å². The van der Waals surface area contributed by atoms with E-state index in [9.17, 15) is 0 Å². The third-order valence-electron chi connectivity index (χ3n) is 2.98. The van der Waals surface area contributed by atoms with E-state index in [1.54, 1.807) is 4.68 Å². The molecule has 1 aromatic heterocycles. The van der Waals surface area contributed by atoms with E-state index in [4.69, 9.17) is 17.3 Å². The molecule has 2 aromatic carbocycles. The Morgan fingerprint density at radius 1 is 1.19 bits per heavy atom. The van der Waals surface area contributed by atoms with Gasteiger partial charge in [-0.25, -0.2) is 0 Å². The van der Waals surface area contributed by atoms with E-state index >= 15 is 0 Å². The van der Waals surface area contributed by atoms with Crippen LogP contribution in [0.25, 0.3) is 17.1 Å². The third kappa shape index (κ3) is 2.77. The molecule has 0 atom stereocenters. The Morgan fingerprint density at radius 3 is 2.76 bits per heavy atom. The number of benzene rings is 2. The van der Waals surface area contributed by atoms with E-state index in [1.165, 1.54) is 0 Å². The number of nitrogen functional groups attached to an aromatic ring is 1. The topological polar surface area (TPSA) is 69.6 Å². The minimum atomic E-state index is 0.579. The van der Waals surface area contributed by atoms with Crippen LogP contribution in [0.4, 0.5) is 5.69 Å². The van der Waals surface area contributed by atoms with Crippen molar-refractivity contribution < 1.29 is 0 Å². The molecule has 0 unspecified atom stereocenters. The highest BCUT2D eigenvalue weighted by Crippen LogP contribution is 2.28. The van der Waals surface area contributed by atoms with E-state index in [2.05, 4.69) is 31.5 Å². The lowest BCUT2D eigenvalue weighted by molar-refractivity contribution is 0.791. The second kappa shape index (κ2) is 5.46. The Balaban J connectivity index is 2.19. The summed E-state index contributed by atoms with van der Waals surface area (Å²) in [4.78, 5) is 0. The highest BCUT2D eigenvalue weighted by atomic mass is 79.9. The monoisotopic (exact) mass is 363 g/mol. The fraction of sp³-hybridized carbons (Fsp3) is 0.0714. The first-order chi connectivity index (χ1) is 10.0. The maximum Gasteiger partial charge on any atom is 0.187 e. The molecule has 106 valence electrons. The van der Waals surface area contributed by atoms with Gasteiger partial charge in [0.05, 0.1) is 10.7 Å². The van der Waals surface area contributed by atoms with Crippen molar-refractivity contribution in [2.24, 2.45) is 0 Å². The standard InChI is InChI=1S/C14H11BrClN5/c1-8-2-3-12(16)13(4-8)21-14(18-19-20-21)9-5-10(15)7-11(17)6-9/h2-7H,17H2,1H3. The summed E-state index contributed by atoms with van der Waals surface area (Å²) in [6, 6.07) is 11.2. The molecular formula is C14H11BrClN5. The lowest BCUT2D eigenvalue weighted by Gasteiger charge is -2.08. The summed E-state index contributed by atoms with van der Waals surface area (Å²) in [6.45, 7) is 1.99. The van der Waals surface area contributed by atoms with E-state index in [0.29, 0.717) is 16.5 Å². The van der Waals surface area contributed by atoms with E-state index in [1.807, 2.05) is 43.3 Å². The summed E-state index contributed by atoms with van der Waals surface area (Å²) in [5.41, 5.74) is 9.12. The molecule has 21 heavy (non-hydrogen) atoms. The number of hydrogen-bond acceptors (Lipinski definition) is 4. The Kier molecular flexibility index (Phi) is 3.65. The van der Waals surface area contributed by atoms with Gasteiger partial charge in [0, 0.05) is 15.7 Å². The molecule has 0 saturated heterocycles. The van der Waals surface area contributed by atoms with Gasteiger partial charge < -0.3 is 5.73 Å². The first kappa shape index (κ1) is 14.0. The molecule has 1 heterocycles. The van der Waals surface area contributed by atoms with E-state index < -0.39 is 0 Å². The summed E-state index contributed by atoms with van der Waals surface area (Å²) in [5.74, 6) is 0.579. The molecule has 3 rings (SSSR count). The van der Waals surface area contributed by atoms with Gasteiger partial charge in [0.25, 0.3) is 0 Å². The van der Waals surface area contributed by atoms with Crippen LogP contribution in [0, 0.1) is 6.92 Å². The van der Waals surface area contributed by atoms with Crippen molar-refractivity contribution in [2.45, 2.75) is 6.92 Å². The Labute approximate surface area is 134 Å². The van der Waals surface area contributed by atoms with Gasteiger partial charge in [0.15, 0.2) is 5.82 Å². The summed E-state index contributed by atoms with van der Waals surface area (Å²) >= 11 is 9.68. The van der Waals surface area contributed by atoms with Crippen LogP contribution in [0.15, 0.2) is 40.9 Å². The molecule has 0 spiro atoms. The second-order valence-corrected chi connectivity index (χ2v) is 5.97. The second-order valence-electron chi connectivity index (χ2n) is 4.64. The fourth-order valence-electron chi connectivity index (χ4n) is 2.06. The summed E-state index contributed by atoms with van der Waals surface area (Å²) in [6.07, 6.45) is 0. The molecule has 0 aliphatic heterocycles. The van der Waals surface area contributed by atoms with Crippen molar-refractivity contribution in [3.05, 3.63) is 51.5 Å². The molecule has 0 saturated carbocycles. The van der Waals surface area contributed by atoms with Crippen LogP contribution in [0.3, 0.4) is 0 Å². The Hall–Kier alpha value is -1.92. The Morgan fingerprint density at radius 2 is 2.00 bits per heavy atom. The van der Waals surface area contributed by atoms with Crippen molar-refractivity contribution >= 4 is 33.2 Å². The molecule has 0 radical (unpaired) electrons. The SMILES string of the molecule is Cc1ccc(Cl)c(-n2nnnc2-c2cc(N)cc(Br)c2)c1. The van der Waals surface area contributed by atoms with Gasteiger partial charge in [0.2, 0.25) is 0 Å². The van der Waals surface area contributed by atoms with Gasteiger partial charge in [0.1, 0.15) is 0 Å². The van der Waals surface area contributed by atoms with Gasteiger partial charge in [-0.3, -0.25) is 0 Å². The van der Waals surface area contributed by atoms with Gasteiger partial charge in [-0.1, -0.05) is 33.6 Å². The van der Waals surface area contributed by atoms with Crippen LogP contribution >= 0.6 is 27.5 Å². The van der Waals surface area contributed by atoms with Crippen LogP contribution in [-0.4, -0.2) is 20.2 Å². The molecule has 2 N–H and O–H groups in total. The van der Waals surface area contributed by atoms with E-state index in [0.717, 1.165) is 21.3 Å². The number of nitrogens with two attached hydrogens (primary N) is 1. The number of nitrogens with zero attached hydrogens (tertiary/aromatic N) is 4. The smallest absolute Gasteiger partial charge is 0.187 e. The van der Waals surface area contributed by atoms with Crippen LogP contribution in [0.1, 0.15) is 5.56 Å². The number of aryl methyl sites for hydroxylation is 1. The normalized spacial score (nSPS) is 10.8. The zero-order chi connectivity index (χ0) is 15.0. The average molecular weight is 365 g/mol. The minimum absolute atomic E-state index is 0.579. The zero-order valence-electron chi connectivity index (χ0n) is 11.1. The highest BCUT2D eigenvalue weighted by molar-refractivity contribution is 9.10. The summed E-state index contributed by atoms with van der Waals surface area (Å²) in [7, 11) is 0. The number of aromatic nitrogens is 4. The number of tetrazole rings is 1. The molecule has 7 heteroatoms. The maximum absolute atomic E-state index is 6.26. The average Bonchev–Trinajstić information content (AvgIpc) is 2.89. The van der Waals surface area contributed by atoms with Crippen LogP contribution in [-0.2, 0) is 0 Å². The van der Waals surface area contributed by atoms with Crippen molar-refractivity contribution in [1.29, 1.82) is 0 Å². The molecule has 0 aliphatic carbocycles. The molecule has 0 aliphatic rings. The predicted octanol–water partition coefficient (Wildman–Crippen LogP) is 3.64. The van der Waals surface area contributed by atoms with Crippen molar-refractivity contribution in [1.82, 2.24) is 20.2 Å². The third-order valence-corrected chi connectivity index (χ3v) is 3.76. The maximum atomic E-state index is 6.26. The van der Waals surface area contributed by atoms with Crippen LogP contribution in [0.5, 0.6) is 0 Å². The highest BCUT2D eigenvalue weighted by Gasteiger charge is 2.14. The van der Waals surface area contributed by atoms with Crippen molar-refractivity contribution in [3.63, 3.8) is 0 Å². The van der Waals surface area contributed by atoms with Gasteiger partial charge >= 0.3 is 0 Å². The lowest BCUT2D eigenvalue weighted by atomic mass is 10.2. The largest absolute Gasteiger partial charge is 0.399 e. The summed E-state index contributed by atoms with van der Waals surface area (Å²) < 4.78 is 2.47. The first-order valence-electron chi connectivity index (χ1n) is 6.16. The molecular weight excluding hydrogens is 354 g/mol. The van der Waals surface area contributed by atoms with Crippen LogP contribution in [0.2, 0.25) is 5.02 Å². The molecule has 0 amide bonds. The number of rotatable bonds is 2. The van der Waals surface area contributed by atoms with Gasteiger partial charge in [-0.15, -0.1) is 5.10 Å². The van der Waals surface area contributed by atoms with Crippen molar-refractivity contribution in [2.75, 3.05) is 5.73 Å². The number of halogens is 2. The molecule has 5 nitrogen and oxygen atoms in total. The number of hydrogen-bond donors (Lipinski definition) is 1. The zero-order valence-corrected chi connectivity index (χ0v) is 13.4. The first-order valence-corrected chi connectivity index (χ1v) is 7.33. The molecule has 0 bridgehead atoms. The van der Waals surface area contributed by atoms with E-state index in [-0.39, 0.29) is 0 Å².